The van der Waals surface area contributed by atoms with Gasteiger partial charge in [-0.3, -0.25) is 28.8 Å². The molecule has 17 heteroatoms. The second-order valence-electron chi connectivity index (χ2n) is 11.0. The number of carbonyl (C=O) groups excluding carboxylic acids is 4. The molecular formula is C29H42N6O11. The number of carboxylic acid groups (broad SMARTS) is 3. The Kier molecular flexibility index (Phi) is 14.9. The molecule has 1 aromatic carbocycles. The third-order valence-electron chi connectivity index (χ3n) is 7.40. The van der Waals surface area contributed by atoms with Crippen LogP contribution in [0.5, 0.6) is 5.75 Å². The van der Waals surface area contributed by atoms with Crippen LogP contribution in [0.3, 0.4) is 0 Å². The molecule has 4 amide bonds. The molecule has 0 radical (unpaired) electrons. The average molecular weight is 651 g/mol. The first-order valence-electron chi connectivity index (χ1n) is 14.8. The molecule has 46 heavy (non-hydrogen) atoms. The van der Waals surface area contributed by atoms with Crippen LogP contribution in [0.2, 0.25) is 0 Å². The zero-order chi connectivity index (χ0) is 34.4. The van der Waals surface area contributed by atoms with Crippen LogP contribution in [0.4, 0.5) is 0 Å². The standard InChI is InChI=1S/C29H42N6O11/c30-12-2-1-4-19(33-27(43)22-5-3-13-35(22)28(44)18(31)15-24(39)40)25(41)32-20(10-11-23(37)38)26(42)34-21(29(45)46)14-16-6-8-17(36)9-7-16/h6-9,18-22,36H,1-5,10-15,30-31H2,(H,32,41)(H,33,43)(H,34,42)(H,37,38)(H,39,40)(H,45,46)/t18-,19-,20-,21-,22-/m0/s1. The third kappa shape index (κ3) is 12.0. The van der Waals surface area contributed by atoms with Gasteiger partial charge in [-0.1, -0.05) is 12.1 Å². The van der Waals surface area contributed by atoms with Crippen molar-refractivity contribution in [3.05, 3.63) is 29.8 Å². The van der Waals surface area contributed by atoms with E-state index in [1.165, 1.54) is 29.2 Å². The van der Waals surface area contributed by atoms with Gasteiger partial charge in [0, 0.05) is 19.4 Å². The SMILES string of the molecule is NCCCC[C@H](NC(=O)[C@@H]1CCCN1C(=O)[C@@H](N)CC(=O)O)C(=O)N[C@@H](CCC(=O)O)C(=O)N[C@@H](Cc1ccc(O)cc1)C(=O)O. The van der Waals surface area contributed by atoms with Crippen LogP contribution >= 0.6 is 0 Å². The zero-order valence-electron chi connectivity index (χ0n) is 25.2. The lowest BCUT2D eigenvalue weighted by atomic mass is 10.0. The summed E-state index contributed by atoms with van der Waals surface area (Å²) in [6, 6.07) is -0.962. The van der Waals surface area contributed by atoms with Crippen LogP contribution in [-0.4, -0.2) is 110 Å². The number of amides is 4. The number of phenols is 1. The van der Waals surface area contributed by atoms with Crippen molar-refractivity contribution in [2.24, 2.45) is 11.5 Å². The maximum atomic E-state index is 13.4. The van der Waals surface area contributed by atoms with Gasteiger partial charge in [0.2, 0.25) is 23.6 Å². The number of aliphatic carboxylic acids is 3. The van der Waals surface area contributed by atoms with E-state index in [9.17, 15) is 48.9 Å². The first-order chi connectivity index (χ1) is 21.7. The highest BCUT2D eigenvalue weighted by Gasteiger charge is 2.38. The van der Waals surface area contributed by atoms with Crippen molar-refractivity contribution in [1.82, 2.24) is 20.9 Å². The largest absolute Gasteiger partial charge is 0.508 e. The normalized spacial score (nSPS) is 16.8. The number of rotatable bonds is 19. The molecule has 1 aliphatic rings. The van der Waals surface area contributed by atoms with Gasteiger partial charge in [-0.15, -0.1) is 0 Å². The smallest absolute Gasteiger partial charge is 0.326 e. The van der Waals surface area contributed by atoms with Gasteiger partial charge in [0.15, 0.2) is 0 Å². The van der Waals surface area contributed by atoms with Crippen LogP contribution in [-0.2, 0) is 40.0 Å². The summed E-state index contributed by atoms with van der Waals surface area (Å²) in [6.07, 6.45) is -0.155. The second-order valence-corrected chi connectivity index (χ2v) is 11.0. The second kappa shape index (κ2) is 18.3. The van der Waals surface area contributed by atoms with E-state index in [4.69, 9.17) is 16.6 Å². The number of carboxylic acids is 3. The van der Waals surface area contributed by atoms with Crippen LogP contribution in [0, 0.1) is 0 Å². The Hall–Kier alpha value is -4.77. The first kappa shape index (κ1) is 37.4. The lowest BCUT2D eigenvalue weighted by Crippen LogP contribution is -2.58. The number of aromatic hydroxyl groups is 1. The molecule has 0 aromatic heterocycles. The van der Waals surface area contributed by atoms with Crippen molar-refractivity contribution in [1.29, 1.82) is 0 Å². The number of benzene rings is 1. The molecule has 0 saturated carbocycles. The summed E-state index contributed by atoms with van der Waals surface area (Å²) in [6.45, 7) is 0.441. The summed E-state index contributed by atoms with van der Waals surface area (Å²) in [5, 5.41) is 44.7. The minimum absolute atomic E-state index is 0.0433. The van der Waals surface area contributed by atoms with E-state index in [1.807, 2.05) is 0 Å². The molecule has 1 saturated heterocycles. The van der Waals surface area contributed by atoms with Crippen LogP contribution in [0.15, 0.2) is 24.3 Å². The number of nitrogens with one attached hydrogen (secondary N) is 3. The third-order valence-corrected chi connectivity index (χ3v) is 7.40. The monoisotopic (exact) mass is 650 g/mol. The number of hydrogen-bond donors (Lipinski definition) is 9. The summed E-state index contributed by atoms with van der Waals surface area (Å²) in [5.74, 6) is -7.23. The predicted octanol–water partition coefficient (Wildman–Crippen LogP) is -1.74. The summed E-state index contributed by atoms with van der Waals surface area (Å²) >= 11 is 0. The molecule has 17 nitrogen and oxygen atoms in total. The molecule has 1 fully saturated rings. The van der Waals surface area contributed by atoms with Gasteiger partial charge in [-0.2, -0.15) is 0 Å². The molecule has 1 aromatic rings. The molecule has 0 spiro atoms. The van der Waals surface area contributed by atoms with Crippen molar-refractivity contribution >= 4 is 41.5 Å². The fourth-order valence-corrected chi connectivity index (χ4v) is 4.97. The average Bonchev–Trinajstić information content (AvgIpc) is 3.48. The van der Waals surface area contributed by atoms with Crippen molar-refractivity contribution < 1.29 is 54.0 Å². The quantitative estimate of drug-likeness (QED) is 0.0752. The van der Waals surface area contributed by atoms with Gasteiger partial charge in [0.25, 0.3) is 0 Å². The highest BCUT2D eigenvalue weighted by atomic mass is 16.4. The Bertz CT molecular complexity index is 1260. The minimum atomic E-state index is -1.49. The summed E-state index contributed by atoms with van der Waals surface area (Å²) in [4.78, 5) is 88.1. The maximum absolute atomic E-state index is 13.4. The Morgan fingerprint density at radius 1 is 0.848 bits per heavy atom. The molecule has 0 aliphatic carbocycles. The number of nitrogens with zero attached hydrogens (tertiary/aromatic N) is 1. The van der Waals surface area contributed by atoms with Crippen molar-refractivity contribution in [2.45, 2.75) is 88.0 Å². The number of carbonyl (C=O) groups is 7. The predicted molar refractivity (Wildman–Crippen MR) is 160 cm³/mol. The number of likely N-dealkylation sites (tertiary alicyclic amines) is 1. The van der Waals surface area contributed by atoms with Gasteiger partial charge in [-0.05, 0) is 62.8 Å². The first-order valence-corrected chi connectivity index (χ1v) is 14.8. The Morgan fingerprint density at radius 3 is 2.02 bits per heavy atom. The fourth-order valence-electron chi connectivity index (χ4n) is 4.97. The van der Waals surface area contributed by atoms with E-state index in [-0.39, 0.29) is 38.1 Å². The van der Waals surface area contributed by atoms with Crippen LogP contribution < -0.4 is 27.4 Å². The maximum Gasteiger partial charge on any atom is 0.326 e. The van der Waals surface area contributed by atoms with E-state index in [1.54, 1.807) is 0 Å². The highest BCUT2D eigenvalue weighted by molar-refractivity contribution is 5.96. The van der Waals surface area contributed by atoms with Crippen molar-refractivity contribution in [2.75, 3.05) is 13.1 Å². The van der Waals surface area contributed by atoms with Gasteiger partial charge < -0.3 is 52.7 Å². The molecule has 5 atom stereocenters. The van der Waals surface area contributed by atoms with E-state index in [2.05, 4.69) is 16.0 Å². The number of hydrogen-bond acceptors (Lipinski definition) is 10. The van der Waals surface area contributed by atoms with E-state index < -0.39 is 91.0 Å². The summed E-state index contributed by atoms with van der Waals surface area (Å²) in [5.41, 5.74) is 11.8. The van der Waals surface area contributed by atoms with Crippen LogP contribution in [0.1, 0.15) is 56.9 Å². The van der Waals surface area contributed by atoms with Gasteiger partial charge in [0.1, 0.15) is 29.9 Å². The van der Waals surface area contributed by atoms with E-state index in [0.29, 0.717) is 24.8 Å². The Labute approximate surface area is 264 Å². The van der Waals surface area contributed by atoms with Gasteiger partial charge in [0.05, 0.1) is 12.5 Å². The lowest BCUT2D eigenvalue weighted by molar-refractivity contribution is -0.144. The van der Waals surface area contributed by atoms with Gasteiger partial charge in [-0.25, -0.2) is 4.79 Å². The molecule has 0 unspecified atom stereocenters. The molecule has 1 heterocycles. The molecule has 11 N–H and O–H groups in total. The lowest BCUT2D eigenvalue weighted by Gasteiger charge is -2.29. The van der Waals surface area contributed by atoms with Crippen LogP contribution in [0.25, 0.3) is 0 Å². The summed E-state index contributed by atoms with van der Waals surface area (Å²) < 4.78 is 0. The zero-order valence-corrected chi connectivity index (χ0v) is 25.2. The fraction of sp³-hybridized carbons (Fsp3) is 0.552. The number of nitrogens with two attached hydrogens (primary N) is 2. The topological polar surface area (TPSA) is 292 Å². The summed E-state index contributed by atoms with van der Waals surface area (Å²) in [7, 11) is 0. The number of unbranched alkanes of at least 4 members (excludes halogenated alkanes) is 1. The van der Waals surface area contributed by atoms with E-state index in [0.717, 1.165) is 0 Å². The van der Waals surface area contributed by atoms with Gasteiger partial charge >= 0.3 is 17.9 Å². The minimum Gasteiger partial charge on any atom is -0.508 e. The molecular weight excluding hydrogens is 608 g/mol. The van der Waals surface area contributed by atoms with Crippen molar-refractivity contribution in [3.8, 4) is 5.75 Å². The molecule has 0 bridgehead atoms. The number of phenolic OH excluding ortho intramolecular Hbond substituents is 1. The Morgan fingerprint density at radius 2 is 1.46 bits per heavy atom. The molecule has 2 rings (SSSR count). The van der Waals surface area contributed by atoms with Crippen molar-refractivity contribution in [3.63, 3.8) is 0 Å². The highest BCUT2D eigenvalue weighted by Crippen LogP contribution is 2.20. The molecule has 1 aliphatic heterocycles. The van der Waals surface area contributed by atoms with E-state index >= 15 is 0 Å². The Balaban J connectivity index is 2.21. The molecule has 254 valence electrons.